The van der Waals surface area contributed by atoms with Gasteiger partial charge in [0.1, 0.15) is 11.5 Å². The summed E-state index contributed by atoms with van der Waals surface area (Å²) in [5.74, 6) is 1.38. The van der Waals surface area contributed by atoms with Crippen molar-refractivity contribution in [1.82, 2.24) is 0 Å². The molecule has 0 N–H and O–H groups in total. The van der Waals surface area contributed by atoms with Crippen LogP contribution in [0.5, 0.6) is 11.5 Å². The van der Waals surface area contributed by atoms with Crippen molar-refractivity contribution in [2.75, 3.05) is 14.2 Å². The number of rotatable bonds is 5. The zero-order valence-corrected chi connectivity index (χ0v) is 15.7. The van der Waals surface area contributed by atoms with E-state index in [9.17, 15) is 10.1 Å². The maximum atomic E-state index is 10.9. The summed E-state index contributed by atoms with van der Waals surface area (Å²) in [6.45, 7) is 4.03. The summed E-state index contributed by atoms with van der Waals surface area (Å²) in [5.41, 5.74) is 5.78. The molecule has 0 atom stereocenters. The Kier molecular flexibility index (Phi) is 5.12. The maximum Gasteiger partial charge on any atom is 0.269 e. The topological polar surface area (TPSA) is 61.6 Å². The van der Waals surface area contributed by atoms with E-state index in [0.29, 0.717) is 11.5 Å². The van der Waals surface area contributed by atoms with Gasteiger partial charge in [0.25, 0.3) is 5.69 Å². The number of non-ortho nitro benzene ring substituents is 1. The Hall–Kier alpha value is -3.34. The first-order valence-electron chi connectivity index (χ1n) is 8.44. The number of nitrogens with zero attached hydrogens (tertiary/aromatic N) is 1. The molecular weight excluding hydrogens is 342 g/mol. The summed E-state index contributed by atoms with van der Waals surface area (Å²) >= 11 is 0. The van der Waals surface area contributed by atoms with Crippen molar-refractivity contribution in [2.45, 2.75) is 13.8 Å². The van der Waals surface area contributed by atoms with Gasteiger partial charge in [-0.2, -0.15) is 0 Å². The number of hydrogen-bond donors (Lipinski definition) is 0. The Bertz CT molecular complexity index is 994. The number of nitro groups is 1. The number of aryl methyl sites for hydroxylation is 2. The molecule has 0 aliphatic rings. The summed E-state index contributed by atoms with van der Waals surface area (Å²) < 4.78 is 11.3. The summed E-state index contributed by atoms with van der Waals surface area (Å²) in [4.78, 5) is 10.5. The molecule has 5 heteroatoms. The number of ether oxygens (including phenoxy) is 2. The molecule has 0 aliphatic carbocycles. The van der Waals surface area contributed by atoms with Crippen LogP contribution in [-0.2, 0) is 0 Å². The minimum Gasteiger partial charge on any atom is -0.496 e. The molecule has 0 amide bonds. The van der Waals surface area contributed by atoms with Crippen LogP contribution in [0.1, 0.15) is 11.1 Å². The van der Waals surface area contributed by atoms with Crippen LogP contribution in [-0.4, -0.2) is 19.1 Å². The molecule has 1 radical (unpaired) electrons. The van der Waals surface area contributed by atoms with E-state index < -0.39 is 4.92 Å². The number of nitro benzene ring substituents is 1. The quantitative estimate of drug-likeness (QED) is 0.453. The average molecular weight is 362 g/mol. The highest BCUT2D eigenvalue weighted by atomic mass is 16.6. The SMILES string of the molecule is COc1cc(-c2cc(C)[c]cc2C)c(OC)cc1-c1ccc([N+](=O)[O-])cc1. The van der Waals surface area contributed by atoms with E-state index in [4.69, 9.17) is 9.47 Å². The fraction of sp³-hybridized carbons (Fsp3) is 0.182. The third kappa shape index (κ3) is 3.62. The van der Waals surface area contributed by atoms with Crippen molar-refractivity contribution < 1.29 is 14.4 Å². The molecule has 3 aromatic carbocycles. The molecule has 0 saturated heterocycles. The van der Waals surface area contributed by atoms with Crippen LogP contribution in [0.4, 0.5) is 5.69 Å². The predicted molar refractivity (Wildman–Crippen MR) is 105 cm³/mol. The van der Waals surface area contributed by atoms with Gasteiger partial charge in [0.05, 0.1) is 19.1 Å². The van der Waals surface area contributed by atoms with Gasteiger partial charge < -0.3 is 9.47 Å². The van der Waals surface area contributed by atoms with Crippen molar-refractivity contribution in [2.24, 2.45) is 0 Å². The van der Waals surface area contributed by atoms with E-state index in [1.54, 1.807) is 26.4 Å². The lowest BCUT2D eigenvalue weighted by atomic mass is 9.94. The van der Waals surface area contributed by atoms with Gasteiger partial charge in [-0.1, -0.05) is 12.1 Å². The Morgan fingerprint density at radius 3 is 2.07 bits per heavy atom. The molecule has 0 saturated carbocycles. The number of hydrogen-bond acceptors (Lipinski definition) is 4. The van der Waals surface area contributed by atoms with Crippen LogP contribution in [0.25, 0.3) is 22.3 Å². The lowest BCUT2D eigenvalue weighted by Gasteiger charge is -2.17. The minimum atomic E-state index is -0.414. The molecule has 0 aromatic heterocycles. The van der Waals surface area contributed by atoms with Crippen LogP contribution in [0.2, 0.25) is 0 Å². The molecule has 27 heavy (non-hydrogen) atoms. The largest absolute Gasteiger partial charge is 0.496 e. The smallest absolute Gasteiger partial charge is 0.269 e. The molecule has 0 heterocycles. The second-order valence-corrected chi connectivity index (χ2v) is 6.27. The lowest BCUT2D eigenvalue weighted by Crippen LogP contribution is -1.96. The van der Waals surface area contributed by atoms with Crippen LogP contribution in [0.3, 0.4) is 0 Å². The molecule has 0 unspecified atom stereocenters. The van der Waals surface area contributed by atoms with E-state index in [-0.39, 0.29) is 5.69 Å². The first kappa shape index (κ1) is 18.5. The number of benzene rings is 3. The second kappa shape index (κ2) is 7.50. The zero-order valence-electron chi connectivity index (χ0n) is 15.7. The highest BCUT2D eigenvalue weighted by Crippen LogP contribution is 2.42. The molecule has 0 spiro atoms. The van der Waals surface area contributed by atoms with Crippen molar-refractivity contribution in [3.63, 3.8) is 0 Å². The highest BCUT2D eigenvalue weighted by molar-refractivity contribution is 5.82. The van der Waals surface area contributed by atoms with Crippen molar-refractivity contribution in [3.05, 3.63) is 75.8 Å². The maximum absolute atomic E-state index is 10.9. The van der Waals surface area contributed by atoms with Crippen molar-refractivity contribution in [1.29, 1.82) is 0 Å². The van der Waals surface area contributed by atoms with Crippen LogP contribution in [0, 0.1) is 30.0 Å². The summed E-state index contributed by atoms with van der Waals surface area (Å²) in [6, 6.07) is 17.5. The van der Waals surface area contributed by atoms with Crippen LogP contribution < -0.4 is 9.47 Å². The third-order valence-electron chi connectivity index (χ3n) is 4.50. The standard InChI is InChI=1S/C22H20NO4/c1-14-5-6-15(2)18(11-14)20-13-21(26-3)19(12-22(20)27-4)16-7-9-17(10-8-16)23(24)25/h6-13H,1-4H3. The Balaban J connectivity index is 2.17. The van der Waals surface area contributed by atoms with Gasteiger partial charge in [0.15, 0.2) is 0 Å². The van der Waals surface area contributed by atoms with Gasteiger partial charge in [0.2, 0.25) is 0 Å². The van der Waals surface area contributed by atoms with Gasteiger partial charge in [-0.25, -0.2) is 0 Å². The summed E-state index contributed by atoms with van der Waals surface area (Å²) in [6.07, 6.45) is 0. The molecular formula is C22H20NO4. The highest BCUT2D eigenvalue weighted by Gasteiger charge is 2.16. The predicted octanol–water partition coefficient (Wildman–Crippen LogP) is 5.36. The molecule has 0 bridgehead atoms. The van der Waals surface area contributed by atoms with E-state index >= 15 is 0 Å². The second-order valence-electron chi connectivity index (χ2n) is 6.27. The van der Waals surface area contributed by atoms with Gasteiger partial charge >= 0.3 is 0 Å². The monoisotopic (exact) mass is 362 g/mol. The van der Waals surface area contributed by atoms with Gasteiger partial charge in [-0.3, -0.25) is 10.1 Å². The van der Waals surface area contributed by atoms with Crippen molar-refractivity contribution >= 4 is 5.69 Å². The van der Waals surface area contributed by atoms with Crippen LogP contribution in [0.15, 0.2) is 48.5 Å². The van der Waals surface area contributed by atoms with Gasteiger partial charge in [-0.05, 0) is 66.4 Å². The normalized spacial score (nSPS) is 10.5. The Labute approximate surface area is 158 Å². The summed E-state index contributed by atoms with van der Waals surface area (Å²) in [5, 5.41) is 10.9. The fourth-order valence-corrected chi connectivity index (χ4v) is 3.06. The number of methoxy groups -OCH3 is 2. The van der Waals surface area contributed by atoms with Gasteiger partial charge in [0, 0.05) is 23.3 Å². The lowest BCUT2D eigenvalue weighted by molar-refractivity contribution is -0.384. The van der Waals surface area contributed by atoms with Crippen LogP contribution >= 0.6 is 0 Å². The Morgan fingerprint density at radius 2 is 1.48 bits per heavy atom. The molecule has 5 nitrogen and oxygen atoms in total. The van der Waals surface area contributed by atoms with E-state index in [0.717, 1.165) is 33.4 Å². The fourth-order valence-electron chi connectivity index (χ4n) is 3.06. The molecule has 0 aliphatic heterocycles. The van der Waals surface area contributed by atoms with E-state index in [1.807, 2.05) is 32.0 Å². The first-order valence-corrected chi connectivity index (χ1v) is 8.44. The minimum absolute atomic E-state index is 0.0490. The van der Waals surface area contributed by atoms with Crippen molar-refractivity contribution in [3.8, 4) is 33.8 Å². The van der Waals surface area contributed by atoms with Gasteiger partial charge in [-0.15, -0.1) is 0 Å². The first-order chi connectivity index (χ1) is 12.9. The summed E-state index contributed by atoms with van der Waals surface area (Å²) in [7, 11) is 3.24. The van der Waals surface area contributed by atoms with E-state index in [1.165, 1.54) is 12.1 Å². The average Bonchev–Trinajstić information content (AvgIpc) is 2.68. The Morgan fingerprint density at radius 1 is 0.889 bits per heavy atom. The molecule has 137 valence electrons. The molecule has 3 rings (SSSR count). The third-order valence-corrected chi connectivity index (χ3v) is 4.50. The molecule has 0 fully saturated rings. The molecule has 3 aromatic rings. The van der Waals surface area contributed by atoms with E-state index in [2.05, 4.69) is 12.1 Å². The zero-order chi connectivity index (χ0) is 19.6.